The zero-order valence-corrected chi connectivity index (χ0v) is 13.9. The van der Waals surface area contributed by atoms with Gasteiger partial charge in [0, 0.05) is 31.2 Å². The van der Waals surface area contributed by atoms with Gasteiger partial charge in [0.1, 0.15) is 0 Å². The van der Waals surface area contributed by atoms with E-state index in [0.29, 0.717) is 18.7 Å². The van der Waals surface area contributed by atoms with E-state index in [1.807, 2.05) is 0 Å². The minimum Gasteiger partial charge on any atom is -0.348 e. The van der Waals surface area contributed by atoms with Crippen LogP contribution in [0, 0.1) is 0 Å². The van der Waals surface area contributed by atoms with Gasteiger partial charge in [-0.05, 0) is 56.5 Å². The lowest BCUT2D eigenvalue weighted by molar-refractivity contribution is 0.0930. The molecule has 3 rings (SSSR count). The molecular weight excluding hydrogens is 314 g/mol. The van der Waals surface area contributed by atoms with Gasteiger partial charge in [-0.3, -0.25) is 4.79 Å². The zero-order chi connectivity index (χ0) is 16.3. The summed E-state index contributed by atoms with van der Waals surface area (Å²) in [6.45, 7) is 2.95. The first-order valence-corrected chi connectivity index (χ1v) is 9.63. The molecule has 7 heteroatoms. The van der Waals surface area contributed by atoms with Crippen LogP contribution in [0.15, 0.2) is 29.2 Å². The molecule has 0 spiro atoms. The fraction of sp³-hybridized carbons (Fsp3) is 0.562. The lowest BCUT2D eigenvalue weighted by Gasteiger charge is -2.23. The lowest BCUT2D eigenvalue weighted by atomic mass is 10.1. The molecule has 1 amide bonds. The largest absolute Gasteiger partial charge is 0.348 e. The highest BCUT2D eigenvalue weighted by Gasteiger charge is 2.27. The molecule has 2 saturated heterocycles. The van der Waals surface area contributed by atoms with E-state index in [9.17, 15) is 13.2 Å². The maximum atomic E-state index is 12.4. The van der Waals surface area contributed by atoms with Crippen LogP contribution in [0.25, 0.3) is 0 Å². The van der Waals surface area contributed by atoms with Crippen LogP contribution in [0.5, 0.6) is 0 Å². The number of carbonyl (C=O) groups is 1. The molecule has 1 atom stereocenters. The molecule has 0 unspecified atom stereocenters. The van der Waals surface area contributed by atoms with E-state index < -0.39 is 10.0 Å². The number of amides is 1. The minimum atomic E-state index is -3.42. The van der Waals surface area contributed by atoms with Crippen LogP contribution in [0.2, 0.25) is 0 Å². The van der Waals surface area contributed by atoms with Crippen molar-refractivity contribution in [2.45, 2.75) is 36.6 Å². The summed E-state index contributed by atoms with van der Waals surface area (Å²) in [6.07, 6.45) is 3.85. The first-order valence-electron chi connectivity index (χ1n) is 8.19. The molecule has 0 aromatic heterocycles. The highest BCUT2D eigenvalue weighted by Crippen LogP contribution is 2.21. The minimum absolute atomic E-state index is 0.143. The highest BCUT2D eigenvalue weighted by atomic mass is 32.2. The van der Waals surface area contributed by atoms with Crippen LogP contribution in [-0.4, -0.2) is 50.9 Å². The third kappa shape index (κ3) is 3.73. The van der Waals surface area contributed by atoms with E-state index in [0.717, 1.165) is 38.8 Å². The number of nitrogens with one attached hydrogen (secondary N) is 2. The summed E-state index contributed by atoms with van der Waals surface area (Å²) in [4.78, 5) is 12.5. The summed E-state index contributed by atoms with van der Waals surface area (Å²) in [5.41, 5.74) is 0.496. The van der Waals surface area contributed by atoms with Gasteiger partial charge in [-0.15, -0.1) is 0 Å². The van der Waals surface area contributed by atoms with Gasteiger partial charge < -0.3 is 10.6 Å². The van der Waals surface area contributed by atoms with Crippen molar-refractivity contribution >= 4 is 15.9 Å². The SMILES string of the molecule is O=C(N[C@H]1CCCNC1)c1ccc(S(=O)(=O)N2CCCC2)cc1. The van der Waals surface area contributed by atoms with Crippen LogP contribution in [-0.2, 0) is 10.0 Å². The van der Waals surface area contributed by atoms with Gasteiger partial charge in [-0.1, -0.05) is 0 Å². The molecule has 2 fully saturated rings. The Labute approximate surface area is 137 Å². The predicted octanol–water partition coefficient (Wildman–Crippen LogP) is 0.953. The molecule has 1 aromatic rings. The van der Waals surface area contributed by atoms with Gasteiger partial charge in [0.2, 0.25) is 10.0 Å². The number of carbonyl (C=O) groups excluding carboxylic acids is 1. The normalized spacial score (nSPS) is 22.9. The van der Waals surface area contributed by atoms with Crippen LogP contribution >= 0.6 is 0 Å². The van der Waals surface area contributed by atoms with E-state index in [1.54, 1.807) is 12.1 Å². The van der Waals surface area contributed by atoms with Crippen molar-refractivity contribution in [3.8, 4) is 0 Å². The molecule has 0 bridgehead atoms. The third-order valence-electron chi connectivity index (χ3n) is 4.45. The van der Waals surface area contributed by atoms with Crippen molar-refractivity contribution in [2.75, 3.05) is 26.2 Å². The molecule has 23 heavy (non-hydrogen) atoms. The predicted molar refractivity (Wildman–Crippen MR) is 87.8 cm³/mol. The monoisotopic (exact) mass is 337 g/mol. The molecule has 6 nitrogen and oxygen atoms in total. The summed E-state index contributed by atoms with van der Waals surface area (Å²) in [5, 5.41) is 6.24. The molecule has 2 aliphatic heterocycles. The Bertz CT molecular complexity index is 646. The summed E-state index contributed by atoms with van der Waals surface area (Å²) >= 11 is 0. The molecule has 0 radical (unpaired) electrons. The summed E-state index contributed by atoms with van der Waals surface area (Å²) in [6, 6.07) is 6.39. The molecule has 2 heterocycles. The average Bonchev–Trinajstić information content (AvgIpc) is 3.11. The molecule has 0 aliphatic carbocycles. The van der Waals surface area contributed by atoms with Crippen molar-refractivity contribution in [3.63, 3.8) is 0 Å². The van der Waals surface area contributed by atoms with Crippen LogP contribution in [0.4, 0.5) is 0 Å². The topological polar surface area (TPSA) is 78.5 Å². The van der Waals surface area contributed by atoms with Gasteiger partial charge in [0.05, 0.1) is 4.90 Å². The van der Waals surface area contributed by atoms with Gasteiger partial charge >= 0.3 is 0 Å². The second-order valence-electron chi connectivity index (χ2n) is 6.15. The Morgan fingerprint density at radius 1 is 1.13 bits per heavy atom. The van der Waals surface area contributed by atoms with Crippen molar-refractivity contribution in [2.24, 2.45) is 0 Å². The van der Waals surface area contributed by atoms with Gasteiger partial charge in [-0.25, -0.2) is 8.42 Å². The maximum Gasteiger partial charge on any atom is 0.251 e. The number of nitrogens with zero attached hydrogens (tertiary/aromatic N) is 1. The van der Waals surface area contributed by atoms with Crippen molar-refractivity contribution in [3.05, 3.63) is 29.8 Å². The fourth-order valence-corrected chi connectivity index (χ4v) is 4.62. The maximum absolute atomic E-state index is 12.4. The standard InChI is InChI=1S/C16H23N3O3S/c20-16(18-14-4-3-9-17-12-14)13-5-7-15(8-6-13)23(21,22)19-10-1-2-11-19/h5-8,14,17H,1-4,9-12H2,(H,18,20)/t14-/m0/s1. The van der Waals surface area contributed by atoms with Crippen molar-refractivity contribution in [1.82, 2.24) is 14.9 Å². The Morgan fingerprint density at radius 3 is 2.43 bits per heavy atom. The van der Waals surface area contributed by atoms with Crippen molar-refractivity contribution in [1.29, 1.82) is 0 Å². The smallest absolute Gasteiger partial charge is 0.251 e. The number of sulfonamides is 1. The van der Waals surface area contributed by atoms with E-state index >= 15 is 0 Å². The van der Waals surface area contributed by atoms with Crippen LogP contribution in [0.1, 0.15) is 36.0 Å². The van der Waals surface area contributed by atoms with E-state index in [2.05, 4.69) is 10.6 Å². The number of benzene rings is 1. The quantitative estimate of drug-likeness (QED) is 0.857. The van der Waals surface area contributed by atoms with Crippen molar-refractivity contribution < 1.29 is 13.2 Å². The summed E-state index contributed by atoms with van der Waals surface area (Å²) in [5.74, 6) is -0.149. The van der Waals surface area contributed by atoms with Crippen LogP contribution in [0.3, 0.4) is 0 Å². The summed E-state index contributed by atoms with van der Waals surface area (Å²) < 4.78 is 26.4. The lowest BCUT2D eigenvalue weighted by Crippen LogP contribution is -2.45. The fourth-order valence-electron chi connectivity index (χ4n) is 3.10. The Hall–Kier alpha value is -1.44. The first-order chi connectivity index (χ1) is 11.1. The number of hydrogen-bond acceptors (Lipinski definition) is 4. The van der Waals surface area contributed by atoms with E-state index in [1.165, 1.54) is 16.4 Å². The van der Waals surface area contributed by atoms with Gasteiger partial charge in [-0.2, -0.15) is 4.31 Å². The average molecular weight is 337 g/mol. The molecule has 2 aliphatic rings. The van der Waals surface area contributed by atoms with Crippen LogP contribution < -0.4 is 10.6 Å². The number of hydrogen-bond donors (Lipinski definition) is 2. The zero-order valence-electron chi connectivity index (χ0n) is 13.1. The molecule has 1 aromatic carbocycles. The van der Waals surface area contributed by atoms with Gasteiger partial charge in [0.25, 0.3) is 5.91 Å². The number of rotatable bonds is 4. The van der Waals surface area contributed by atoms with E-state index in [4.69, 9.17) is 0 Å². The molecule has 2 N–H and O–H groups in total. The molecular formula is C16H23N3O3S. The Morgan fingerprint density at radius 2 is 1.83 bits per heavy atom. The van der Waals surface area contributed by atoms with Gasteiger partial charge in [0.15, 0.2) is 0 Å². The first kappa shape index (κ1) is 16.4. The second kappa shape index (κ2) is 6.98. The Kier molecular flexibility index (Phi) is 4.99. The highest BCUT2D eigenvalue weighted by molar-refractivity contribution is 7.89. The molecule has 0 saturated carbocycles. The van der Waals surface area contributed by atoms with E-state index in [-0.39, 0.29) is 16.8 Å². The second-order valence-corrected chi connectivity index (χ2v) is 8.09. The third-order valence-corrected chi connectivity index (χ3v) is 6.36. The number of piperidine rings is 1. The summed E-state index contributed by atoms with van der Waals surface area (Å²) in [7, 11) is -3.42. The Balaban J connectivity index is 1.67. The molecule has 126 valence electrons.